The number of hydrogen-bond acceptors (Lipinski definition) is 6. The van der Waals surface area contributed by atoms with Crippen molar-refractivity contribution in [3.63, 3.8) is 0 Å². The molecule has 1 aliphatic carbocycles. The van der Waals surface area contributed by atoms with E-state index in [4.69, 9.17) is 8.94 Å². The van der Waals surface area contributed by atoms with Crippen LogP contribution in [-0.4, -0.2) is 27.0 Å². The molecule has 8 heteroatoms. The van der Waals surface area contributed by atoms with Crippen LogP contribution in [0.3, 0.4) is 0 Å². The fourth-order valence-electron chi connectivity index (χ4n) is 3.69. The van der Waals surface area contributed by atoms with Gasteiger partial charge in [-0.25, -0.2) is 4.79 Å². The van der Waals surface area contributed by atoms with Crippen LogP contribution in [0, 0.1) is 0 Å². The molecule has 1 aromatic carbocycles. The van der Waals surface area contributed by atoms with E-state index in [0.717, 1.165) is 22.4 Å². The molecule has 2 aromatic heterocycles. The van der Waals surface area contributed by atoms with Gasteiger partial charge in [-0.15, -0.1) is 0 Å². The third-order valence-corrected chi connectivity index (χ3v) is 4.93. The molecular formula is C18H14N4O4. The molecule has 1 aliphatic heterocycles. The predicted molar refractivity (Wildman–Crippen MR) is 87.5 cm³/mol. The van der Waals surface area contributed by atoms with E-state index in [1.807, 2.05) is 24.3 Å². The summed E-state index contributed by atoms with van der Waals surface area (Å²) in [6.07, 6.45) is 2.80. The number of carbonyl (C=O) groups is 2. The zero-order valence-electron chi connectivity index (χ0n) is 13.6. The summed E-state index contributed by atoms with van der Waals surface area (Å²) in [7, 11) is 0. The standard InChI is InChI=1S/C18H14N4O4/c23-16-18(8-7-11-4-1-2-5-12(11)18)20-17(24)22(16)10-14-19-15(21-26-14)13-6-3-9-25-13/h1-6,9H,7-8,10H2,(H,20,24)/t18-/m0/s1. The topological polar surface area (TPSA) is 101 Å². The third-order valence-electron chi connectivity index (χ3n) is 4.93. The van der Waals surface area contributed by atoms with E-state index in [1.54, 1.807) is 12.1 Å². The van der Waals surface area contributed by atoms with Crippen LogP contribution < -0.4 is 5.32 Å². The van der Waals surface area contributed by atoms with Gasteiger partial charge in [-0.05, 0) is 36.1 Å². The molecule has 1 saturated heterocycles. The van der Waals surface area contributed by atoms with Crippen molar-refractivity contribution in [2.24, 2.45) is 0 Å². The summed E-state index contributed by atoms with van der Waals surface area (Å²) in [6, 6.07) is 10.7. The third kappa shape index (κ3) is 2.01. The molecular weight excluding hydrogens is 336 g/mol. The summed E-state index contributed by atoms with van der Waals surface area (Å²) in [6.45, 7) is -0.0811. The molecule has 1 spiro atoms. The molecule has 0 radical (unpaired) electrons. The number of nitrogens with zero attached hydrogens (tertiary/aromatic N) is 3. The summed E-state index contributed by atoms with van der Waals surface area (Å²) in [5, 5.41) is 6.70. The largest absolute Gasteiger partial charge is 0.461 e. The number of nitrogens with one attached hydrogen (secondary N) is 1. The van der Waals surface area contributed by atoms with Gasteiger partial charge in [0.25, 0.3) is 5.91 Å². The van der Waals surface area contributed by atoms with E-state index < -0.39 is 11.6 Å². The summed E-state index contributed by atoms with van der Waals surface area (Å²) >= 11 is 0. The second-order valence-electron chi connectivity index (χ2n) is 6.37. The maximum Gasteiger partial charge on any atom is 0.325 e. The van der Waals surface area contributed by atoms with Gasteiger partial charge in [0.1, 0.15) is 12.1 Å². The zero-order chi connectivity index (χ0) is 17.7. The van der Waals surface area contributed by atoms with Gasteiger partial charge < -0.3 is 14.3 Å². The van der Waals surface area contributed by atoms with Crippen LogP contribution in [0.1, 0.15) is 23.4 Å². The second-order valence-corrected chi connectivity index (χ2v) is 6.37. The number of carbonyl (C=O) groups excluding carboxylic acids is 2. The van der Waals surface area contributed by atoms with Crippen molar-refractivity contribution < 1.29 is 18.5 Å². The number of urea groups is 1. The van der Waals surface area contributed by atoms with E-state index in [0.29, 0.717) is 12.2 Å². The number of rotatable bonds is 3. The first-order valence-electron chi connectivity index (χ1n) is 8.26. The maximum atomic E-state index is 13.1. The molecule has 8 nitrogen and oxygen atoms in total. The number of imide groups is 1. The van der Waals surface area contributed by atoms with E-state index in [9.17, 15) is 9.59 Å². The quantitative estimate of drug-likeness (QED) is 0.727. The first-order chi connectivity index (χ1) is 12.7. The Balaban J connectivity index is 1.43. The minimum absolute atomic E-state index is 0.0811. The number of amides is 3. The Hall–Kier alpha value is -3.42. The van der Waals surface area contributed by atoms with Crippen molar-refractivity contribution in [1.29, 1.82) is 0 Å². The summed E-state index contributed by atoms with van der Waals surface area (Å²) in [5.41, 5.74) is 0.959. The average Bonchev–Trinajstić information content (AvgIpc) is 3.41. The van der Waals surface area contributed by atoms with Gasteiger partial charge in [0.15, 0.2) is 5.76 Å². The van der Waals surface area contributed by atoms with Gasteiger partial charge in [0.05, 0.1) is 6.26 Å². The van der Waals surface area contributed by atoms with E-state index in [-0.39, 0.29) is 24.2 Å². The lowest BCUT2D eigenvalue weighted by Crippen LogP contribution is -2.41. The molecule has 0 saturated carbocycles. The molecule has 26 heavy (non-hydrogen) atoms. The Labute approximate surface area is 147 Å². The van der Waals surface area contributed by atoms with Crippen LogP contribution in [0.15, 0.2) is 51.6 Å². The SMILES string of the molecule is O=C1N[C@]2(CCc3ccccc32)C(=O)N1Cc1nc(-c2ccco2)no1. The van der Waals surface area contributed by atoms with E-state index in [2.05, 4.69) is 15.5 Å². The number of hydrogen-bond donors (Lipinski definition) is 1. The highest BCUT2D eigenvalue weighted by molar-refractivity contribution is 6.08. The van der Waals surface area contributed by atoms with Crippen LogP contribution >= 0.6 is 0 Å². The normalized spacial score (nSPS) is 21.5. The van der Waals surface area contributed by atoms with Crippen LogP contribution in [0.25, 0.3) is 11.6 Å². The molecule has 3 aromatic rings. The van der Waals surface area contributed by atoms with Crippen LogP contribution in [0.5, 0.6) is 0 Å². The number of fused-ring (bicyclic) bond motifs is 2. The molecule has 1 fully saturated rings. The fourth-order valence-corrected chi connectivity index (χ4v) is 3.69. The van der Waals surface area contributed by atoms with Crippen molar-refractivity contribution in [3.05, 3.63) is 59.7 Å². The second kappa shape index (κ2) is 5.29. The highest BCUT2D eigenvalue weighted by Gasteiger charge is 2.55. The summed E-state index contributed by atoms with van der Waals surface area (Å²) in [5.74, 6) is 0.616. The van der Waals surface area contributed by atoms with Crippen LogP contribution in [-0.2, 0) is 23.3 Å². The molecule has 3 amide bonds. The van der Waals surface area contributed by atoms with Crippen molar-refractivity contribution in [3.8, 4) is 11.6 Å². The zero-order valence-corrected chi connectivity index (χ0v) is 13.6. The first kappa shape index (κ1) is 14.9. The monoisotopic (exact) mass is 350 g/mol. The van der Waals surface area contributed by atoms with E-state index >= 15 is 0 Å². The van der Waals surface area contributed by atoms with Crippen LogP contribution in [0.4, 0.5) is 4.79 Å². The lowest BCUT2D eigenvalue weighted by atomic mass is 9.92. The number of aromatic nitrogens is 2. The highest BCUT2D eigenvalue weighted by atomic mass is 16.5. The van der Waals surface area contributed by atoms with Crippen molar-refractivity contribution >= 4 is 11.9 Å². The first-order valence-corrected chi connectivity index (χ1v) is 8.26. The van der Waals surface area contributed by atoms with Crippen molar-refractivity contribution in [2.45, 2.75) is 24.9 Å². The molecule has 1 atom stereocenters. The molecule has 2 aliphatic rings. The maximum absolute atomic E-state index is 13.1. The lowest BCUT2D eigenvalue weighted by Gasteiger charge is -2.21. The molecule has 130 valence electrons. The average molecular weight is 350 g/mol. The smallest absolute Gasteiger partial charge is 0.325 e. The number of furan rings is 1. The molecule has 1 N–H and O–H groups in total. The summed E-state index contributed by atoms with van der Waals surface area (Å²) < 4.78 is 10.4. The Morgan fingerprint density at radius 3 is 2.92 bits per heavy atom. The number of aryl methyl sites for hydroxylation is 1. The number of benzene rings is 1. The fraction of sp³-hybridized carbons (Fsp3) is 0.222. The van der Waals surface area contributed by atoms with E-state index in [1.165, 1.54) is 6.26 Å². The van der Waals surface area contributed by atoms with Gasteiger partial charge in [-0.3, -0.25) is 9.69 Å². The van der Waals surface area contributed by atoms with Gasteiger partial charge in [0, 0.05) is 0 Å². The Kier molecular flexibility index (Phi) is 3.03. The minimum atomic E-state index is -0.989. The van der Waals surface area contributed by atoms with Crippen LogP contribution in [0.2, 0.25) is 0 Å². The Bertz CT molecular complexity index is 1010. The molecule has 0 bridgehead atoms. The van der Waals surface area contributed by atoms with Crippen molar-refractivity contribution in [1.82, 2.24) is 20.4 Å². The molecule has 5 rings (SSSR count). The Morgan fingerprint density at radius 1 is 1.19 bits per heavy atom. The predicted octanol–water partition coefficient (Wildman–Crippen LogP) is 2.22. The molecule has 3 heterocycles. The molecule has 0 unspecified atom stereocenters. The van der Waals surface area contributed by atoms with Crippen molar-refractivity contribution in [2.75, 3.05) is 0 Å². The highest BCUT2D eigenvalue weighted by Crippen LogP contribution is 2.41. The minimum Gasteiger partial charge on any atom is -0.461 e. The van der Waals surface area contributed by atoms with Gasteiger partial charge in [0.2, 0.25) is 11.7 Å². The van der Waals surface area contributed by atoms with Gasteiger partial charge in [-0.2, -0.15) is 4.98 Å². The lowest BCUT2D eigenvalue weighted by molar-refractivity contribution is -0.132. The Morgan fingerprint density at radius 2 is 2.08 bits per heavy atom. The van der Waals surface area contributed by atoms with Gasteiger partial charge >= 0.3 is 6.03 Å². The van der Waals surface area contributed by atoms with Gasteiger partial charge in [-0.1, -0.05) is 29.4 Å². The summed E-state index contributed by atoms with van der Waals surface area (Å²) in [4.78, 5) is 30.9.